The van der Waals surface area contributed by atoms with Gasteiger partial charge in [0.15, 0.2) is 5.11 Å². The molecule has 0 bridgehead atoms. The van der Waals surface area contributed by atoms with Gasteiger partial charge < -0.3 is 19.9 Å². The number of hydrogen-bond acceptors (Lipinski definition) is 4. The number of nitrogens with zero attached hydrogens (tertiary/aromatic N) is 2. The molecular formula is C21H22N4O2S. The Kier molecular flexibility index (Phi) is 6.06. The van der Waals surface area contributed by atoms with Crippen LogP contribution in [0.2, 0.25) is 0 Å². The number of carbonyl (C=O) groups is 1. The summed E-state index contributed by atoms with van der Waals surface area (Å²) in [5.74, 6) is 0.537. The normalized spacial score (nSPS) is 10.4. The first kappa shape index (κ1) is 19.6. The summed E-state index contributed by atoms with van der Waals surface area (Å²) in [5.41, 5.74) is 4.36. The number of imidazole rings is 1. The number of anilines is 1. The smallest absolute Gasteiger partial charge is 0.337 e. The number of ether oxygens (including phenoxy) is 1. The maximum atomic E-state index is 11.7. The highest BCUT2D eigenvalue weighted by Gasteiger charge is 2.10. The van der Waals surface area contributed by atoms with Crippen molar-refractivity contribution in [1.29, 1.82) is 0 Å². The van der Waals surface area contributed by atoms with Crippen LogP contribution in [0.1, 0.15) is 27.3 Å². The van der Waals surface area contributed by atoms with Gasteiger partial charge in [-0.05, 0) is 55.4 Å². The van der Waals surface area contributed by atoms with Gasteiger partial charge in [0.1, 0.15) is 5.82 Å². The summed E-state index contributed by atoms with van der Waals surface area (Å²) in [7, 11) is 1.36. The Bertz CT molecular complexity index is 1010. The van der Waals surface area contributed by atoms with Gasteiger partial charge in [0.25, 0.3) is 0 Å². The summed E-state index contributed by atoms with van der Waals surface area (Å²) < 4.78 is 6.82. The molecule has 0 aliphatic rings. The zero-order valence-corrected chi connectivity index (χ0v) is 16.8. The maximum Gasteiger partial charge on any atom is 0.337 e. The van der Waals surface area contributed by atoms with Crippen molar-refractivity contribution >= 4 is 29.0 Å². The zero-order valence-electron chi connectivity index (χ0n) is 16.0. The van der Waals surface area contributed by atoms with Gasteiger partial charge in [0, 0.05) is 24.6 Å². The number of aromatic nitrogens is 2. The number of rotatable bonds is 5. The summed E-state index contributed by atoms with van der Waals surface area (Å²) >= 11 is 5.44. The molecule has 1 aromatic heterocycles. The molecule has 0 atom stereocenters. The first-order valence-corrected chi connectivity index (χ1v) is 9.22. The standard InChI is InChI=1S/C21H22N4O2S/c1-14-8-9-16(20(26)27-3)12-18(14)24-21(28)23-13-17-6-4-5-7-19(17)25-11-10-22-15(25)2/h4-12H,13H2,1-3H3,(H2,23,24,28). The SMILES string of the molecule is COC(=O)c1ccc(C)c(NC(=S)NCc2ccccc2-n2ccnc2C)c1. The molecule has 1 heterocycles. The van der Waals surface area contributed by atoms with Crippen molar-refractivity contribution in [3.05, 3.63) is 77.4 Å². The Morgan fingerprint density at radius 1 is 1.21 bits per heavy atom. The summed E-state index contributed by atoms with van der Waals surface area (Å²) in [6.07, 6.45) is 3.72. The van der Waals surface area contributed by atoms with Crippen molar-refractivity contribution in [3.63, 3.8) is 0 Å². The average Bonchev–Trinajstić information content (AvgIpc) is 3.13. The lowest BCUT2D eigenvalue weighted by Gasteiger charge is -2.16. The number of hydrogen-bond donors (Lipinski definition) is 2. The third kappa shape index (κ3) is 4.37. The fraction of sp³-hybridized carbons (Fsp3) is 0.190. The second-order valence-corrected chi connectivity index (χ2v) is 6.71. The molecule has 0 spiro atoms. The van der Waals surface area contributed by atoms with E-state index in [1.807, 2.05) is 54.9 Å². The topological polar surface area (TPSA) is 68.2 Å². The van der Waals surface area contributed by atoms with Crippen LogP contribution in [0.3, 0.4) is 0 Å². The van der Waals surface area contributed by atoms with Crippen molar-refractivity contribution in [3.8, 4) is 5.69 Å². The summed E-state index contributed by atoms with van der Waals surface area (Å²) in [4.78, 5) is 16.0. The van der Waals surface area contributed by atoms with Crippen molar-refractivity contribution in [2.75, 3.05) is 12.4 Å². The highest BCUT2D eigenvalue weighted by atomic mass is 32.1. The van der Waals surface area contributed by atoms with E-state index in [-0.39, 0.29) is 5.97 Å². The quantitative estimate of drug-likeness (QED) is 0.507. The molecule has 3 aromatic rings. The number of thiocarbonyl (C=S) groups is 1. The van der Waals surface area contributed by atoms with Crippen LogP contribution in [-0.4, -0.2) is 27.7 Å². The number of benzene rings is 2. The van der Waals surface area contributed by atoms with Crippen LogP contribution >= 0.6 is 12.2 Å². The van der Waals surface area contributed by atoms with Crippen LogP contribution in [0.15, 0.2) is 54.9 Å². The molecule has 2 N–H and O–H groups in total. The molecule has 0 amide bonds. The average molecular weight is 395 g/mol. The van der Waals surface area contributed by atoms with Crippen molar-refractivity contribution in [2.24, 2.45) is 0 Å². The van der Waals surface area contributed by atoms with E-state index in [1.54, 1.807) is 18.3 Å². The molecule has 0 fully saturated rings. The van der Waals surface area contributed by atoms with Crippen LogP contribution in [0, 0.1) is 13.8 Å². The maximum absolute atomic E-state index is 11.7. The van der Waals surface area contributed by atoms with Crippen LogP contribution in [0.4, 0.5) is 5.69 Å². The minimum Gasteiger partial charge on any atom is -0.465 e. The number of aryl methyl sites for hydroxylation is 2. The lowest BCUT2D eigenvalue weighted by Crippen LogP contribution is -2.28. The third-order valence-electron chi connectivity index (χ3n) is 4.42. The van der Waals surface area contributed by atoms with Gasteiger partial charge in [-0.2, -0.15) is 0 Å². The lowest BCUT2D eigenvalue weighted by molar-refractivity contribution is 0.0601. The number of carbonyl (C=O) groups excluding carboxylic acids is 1. The van der Waals surface area contributed by atoms with Gasteiger partial charge in [-0.3, -0.25) is 0 Å². The fourth-order valence-corrected chi connectivity index (χ4v) is 3.05. The number of methoxy groups -OCH3 is 1. The van der Waals surface area contributed by atoms with E-state index in [0.717, 1.165) is 28.3 Å². The fourth-order valence-electron chi connectivity index (χ4n) is 2.87. The molecule has 144 valence electrons. The largest absolute Gasteiger partial charge is 0.465 e. The van der Waals surface area contributed by atoms with Crippen molar-refractivity contribution in [2.45, 2.75) is 20.4 Å². The number of para-hydroxylation sites is 1. The van der Waals surface area contributed by atoms with Gasteiger partial charge in [-0.15, -0.1) is 0 Å². The molecular weight excluding hydrogens is 372 g/mol. The third-order valence-corrected chi connectivity index (χ3v) is 4.67. The van der Waals surface area contributed by atoms with Gasteiger partial charge in [0.05, 0.1) is 18.4 Å². The molecule has 0 saturated carbocycles. The Balaban J connectivity index is 1.71. The van der Waals surface area contributed by atoms with Gasteiger partial charge in [-0.25, -0.2) is 9.78 Å². The molecule has 2 aromatic carbocycles. The molecule has 0 saturated heterocycles. The van der Waals surface area contributed by atoms with E-state index in [1.165, 1.54) is 7.11 Å². The van der Waals surface area contributed by atoms with Crippen LogP contribution in [0.5, 0.6) is 0 Å². The number of nitrogens with one attached hydrogen (secondary N) is 2. The van der Waals surface area contributed by atoms with E-state index in [0.29, 0.717) is 17.2 Å². The second-order valence-electron chi connectivity index (χ2n) is 6.30. The molecule has 0 unspecified atom stereocenters. The predicted octanol–water partition coefficient (Wildman–Crippen LogP) is 3.76. The van der Waals surface area contributed by atoms with Gasteiger partial charge in [0.2, 0.25) is 0 Å². The first-order chi connectivity index (χ1) is 13.5. The van der Waals surface area contributed by atoms with Crippen molar-refractivity contribution < 1.29 is 9.53 Å². The minimum absolute atomic E-state index is 0.383. The molecule has 6 nitrogen and oxygen atoms in total. The van der Waals surface area contributed by atoms with Crippen molar-refractivity contribution in [1.82, 2.24) is 14.9 Å². The highest BCUT2D eigenvalue weighted by molar-refractivity contribution is 7.80. The van der Waals surface area contributed by atoms with E-state index in [4.69, 9.17) is 17.0 Å². The van der Waals surface area contributed by atoms with E-state index >= 15 is 0 Å². The van der Waals surface area contributed by atoms with Crippen LogP contribution in [0.25, 0.3) is 5.69 Å². The van der Waals surface area contributed by atoms with E-state index < -0.39 is 0 Å². The van der Waals surface area contributed by atoms with Gasteiger partial charge in [-0.1, -0.05) is 24.3 Å². The molecule has 3 rings (SSSR count). The first-order valence-electron chi connectivity index (χ1n) is 8.81. The minimum atomic E-state index is -0.383. The van der Waals surface area contributed by atoms with Crippen LogP contribution < -0.4 is 10.6 Å². The zero-order chi connectivity index (χ0) is 20.1. The van der Waals surface area contributed by atoms with Crippen LogP contribution in [-0.2, 0) is 11.3 Å². The summed E-state index contributed by atoms with van der Waals surface area (Å²) in [5, 5.41) is 6.86. The predicted molar refractivity (Wildman–Crippen MR) is 114 cm³/mol. The molecule has 28 heavy (non-hydrogen) atoms. The molecule has 7 heteroatoms. The summed E-state index contributed by atoms with van der Waals surface area (Å²) in [6, 6.07) is 13.4. The Morgan fingerprint density at radius 3 is 2.71 bits per heavy atom. The number of esters is 1. The molecule has 0 aliphatic heterocycles. The Morgan fingerprint density at radius 2 is 2.00 bits per heavy atom. The highest BCUT2D eigenvalue weighted by Crippen LogP contribution is 2.18. The van der Waals surface area contributed by atoms with E-state index in [2.05, 4.69) is 15.6 Å². The Hall–Kier alpha value is -3.19. The molecule has 0 radical (unpaired) electrons. The second kappa shape index (κ2) is 8.67. The monoisotopic (exact) mass is 394 g/mol. The lowest BCUT2D eigenvalue weighted by atomic mass is 10.1. The van der Waals surface area contributed by atoms with Gasteiger partial charge >= 0.3 is 5.97 Å². The molecule has 0 aliphatic carbocycles. The summed E-state index contributed by atoms with van der Waals surface area (Å²) in [6.45, 7) is 4.46. The van der Waals surface area contributed by atoms with E-state index in [9.17, 15) is 4.79 Å². The Labute approximate surface area is 169 Å².